The molecule has 0 unspecified atom stereocenters. The fraction of sp³-hybridized carbons (Fsp3) is 0.359. The average Bonchev–Trinajstić information content (AvgIpc) is 3.46. The third-order valence-corrected chi connectivity index (χ3v) is 10.4. The first-order chi connectivity index (χ1) is 24.5. The zero-order valence-corrected chi connectivity index (χ0v) is 30.1. The van der Waals surface area contributed by atoms with E-state index in [4.69, 9.17) is 4.74 Å². The minimum atomic E-state index is -1.67. The zero-order valence-electron chi connectivity index (χ0n) is 29.3. The fourth-order valence-corrected chi connectivity index (χ4v) is 7.26. The molecule has 2 heterocycles. The summed E-state index contributed by atoms with van der Waals surface area (Å²) in [5, 5.41) is 21.0. The number of nitrogens with one attached hydrogen (secondary N) is 3. The van der Waals surface area contributed by atoms with Crippen LogP contribution in [0.25, 0.3) is 10.9 Å². The van der Waals surface area contributed by atoms with Gasteiger partial charge in [-0.3, -0.25) is 24.2 Å². The lowest BCUT2D eigenvalue weighted by atomic mass is 9.96. The summed E-state index contributed by atoms with van der Waals surface area (Å²) in [6.07, 6.45) is 0.413. The molecule has 1 saturated heterocycles. The van der Waals surface area contributed by atoms with E-state index in [1.54, 1.807) is 31.3 Å². The number of hydrogen-bond donors (Lipinski definition) is 4. The molecule has 4 N–H and O–H groups in total. The number of ether oxygens (including phenoxy) is 1. The van der Waals surface area contributed by atoms with Crippen LogP contribution in [0.1, 0.15) is 43.9 Å². The summed E-state index contributed by atoms with van der Waals surface area (Å²) in [7, 11) is 0. The van der Waals surface area contributed by atoms with Gasteiger partial charge < -0.3 is 30.7 Å². The molecule has 0 aliphatic carbocycles. The molecular weight excluding hydrogens is 667 g/mol. The smallest absolute Gasteiger partial charge is 0.258 e. The second-order valence-corrected chi connectivity index (χ2v) is 14.8. The number of carbonyl (C=O) groups is 4. The van der Waals surface area contributed by atoms with Gasteiger partial charge in [0.05, 0.1) is 17.4 Å². The van der Waals surface area contributed by atoms with Gasteiger partial charge in [-0.25, -0.2) is 0 Å². The SMILES string of the molecule is CC[C@H](NC(=O)COc1ccc2ncccc2c1)C(=O)N[C@@H](Cc1ccccc1)[C@H](O)C(=O)N1CSC(C)(C)[C@H]1C(=O)NCc1ccccc1C. The van der Waals surface area contributed by atoms with Gasteiger partial charge in [-0.1, -0.05) is 67.6 Å². The van der Waals surface area contributed by atoms with Gasteiger partial charge in [-0.15, -0.1) is 11.8 Å². The molecule has 3 aromatic carbocycles. The van der Waals surface area contributed by atoms with Gasteiger partial charge in [0.2, 0.25) is 11.8 Å². The Morgan fingerprint density at radius 1 is 1.00 bits per heavy atom. The molecule has 1 aliphatic rings. The highest BCUT2D eigenvalue weighted by atomic mass is 32.2. The number of rotatable bonds is 14. The van der Waals surface area contributed by atoms with Crippen molar-refractivity contribution in [1.29, 1.82) is 0 Å². The number of aryl methyl sites for hydroxylation is 1. The van der Waals surface area contributed by atoms with E-state index in [-0.39, 0.29) is 31.2 Å². The Labute approximate surface area is 302 Å². The van der Waals surface area contributed by atoms with Crippen LogP contribution in [0.5, 0.6) is 5.75 Å². The molecule has 5 rings (SSSR count). The molecule has 1 aromatic heterocycles. The van der Waals surface area contributed by atoms with E-state index in [1.807, 2.05) is 87.5 Å². The van der Waals surface area contributed by atoms with Crippen LogP contribution in [0.15, 0.2) is 91.1 Å². The molecule has 4 amide bonds. The van der Waals surface area contributed by atoms with Crippen molar-refractivity contribution in [2.75, 3.05) is 12.5 Å². The lowest BCUT2D eigenvalue weighted by Crippen LogP contribution is -2.60. The number of aliphatic hydroxyl groups excluding tert-OH is 1. The van der Waals surface area contributed by atoms with Crippen LogP contribution in [-0.2, 0) is 32.1 Å². The number of fused-ring (bicyclic) bond motifs is 1. The van der Waals surface area contributed by atoms with Crippen molar-refractivity contribution in [3.8, 4) is 5.75 Å². The van der Waals surface area contributed by atoms with E-state index in [0.717, 1.165) is 27.6 Å². The first-order valence-corrected chi connectivity index (χ1v) is 18.0. The number of aromatic nitrogens is 1. The molecule has 12 heteroatoms. The Hall–Kier alpha value is -4.94. The summed E-state index contributed by atoms with van der Waals surface area (Å²) in [6.45, 7) is 7.49. The number of benzene rings is 3. The highest BCUT2D eigenvalue weighted by molar-refractivity contribution is 8.00. The Morgan fingerprint density at radius 3 is 2.49 bits per heavy atom. The third-order valence-electron chi connectivity index (χ3n) is 9.06. The van der Waals surface area contributed by atoms with Crippen molar-refractivity contribution < 1.29 is 29.0 Å². The molecular formula is C39H45N5O6S. The summed E-state index contributed by atoms with van der Waals surface area (Å²) in [4.78, 5) is 59.9. The molecule has 11 nitrogen and oxygen atoms in total. The van der Waals surface area contributed by atoms with Crippen molar-refractivity contribution in [3.05, 3.63) is 108 Å². The maximum Gasteiger partial charge on any atom is 0.258 e. The van der Waals surface area contributed by atoms with Gasteiger partial charge in [0.25, 0.3) is 11.8 Å². The number of hydrogen-bond acceptors (Lipinski definition) is 8. The Bertz CT molecular complexity index is 1850. The Balaban J connectivity index is 1.26. The van der Waals surface area contributed by atoms with Crippen LogP contribution in [0.2, 0.25) is 0 Å². The van der Waals surface area contributed by atoms with E-state index in [1.165, 1.54) is 16.7 Å². The van der Waals surface area contributed by atoms with Gasteiger partial charge in [-0.05, 0) is 74.6 Å². The molecule has 4 atom stereocenters. The molecule has 1 fully saturated rings. The number of nitrogens with zero attached hydrogens (tertiary/aromatic N) is 2. The normalized spacial score (nSPS) is 16.9. The predicted molar refractivity (Wildman–Crippen MR) is 198 cm³/mol. The first-order valence-electron chi connectivity index (χ1n) is 17.0. The van der Waals surface area contributed by atoms with Crippen molar-refractivity contribution in [3.63, 3.8) is 0 Å². The van der Waals surface area contributed by atoms with E-state index >= 15 is 0 Å². The Morgan fingerprint density at radius 2 is 1.75 bits per heavy atom. The Kier molecular flexibility index (Phi) is 12.3. The van der Waals surface area contributed by atoms with Crippen LogP contribution in [0.3, 0.4) is 0 Å². The van der Waals surface area contributed by atoms with Crippen LogP contribution < -0.4 is 20.7 Å². The topological polar surface area (TPSA) is 150 Å². The van der Waals surface area contributed by atoms with Crippen LogP contribution >= 0.6 is 11.8 Å². The van der Waals surface area contributed by atoms with Crippen molar-refractivity contribution in [1.82, 2.24) is 25.8 Å². The third kappa shape index (κ3) is 9.44. The molecule has 1 aliphatic heterocycles. The highest BCUT2D eigenvalue weighted by Gasteiger charge is 2.49. The monoisotopic (exact) mass is 711 g/mol. The number of pyridine rings is 1. The van der Waals surface area contributed by atoms with E-state index in [2.05, 4.69) is 20.9 Å². The van der Waals surface area contributed by atoms with Crippen LogP contribution in [-0.4, -0.2) is 80.1 Å². The summed E-state index contributed by atoms with van der Waals surface area (Å²) in [5.41, 5.74) is 3.59. The summed E-state index contributed by atoms with van der Waals surface area (Å²) in [5.74, 6) is -1.37. The van der Waals surface area contributed by atoms with Crippen molar-refractivity contribution in [2.24, 2.45) is 0 Å². The van der Waals surface area contributed by atoms with Gasteiger partial charge in [-0.2, -0.15) is 0 Å². The quantitative estimate of drug-likeness (QED) is 0.154. The van der Waals surface area contributed by atoms with Gasteiger partial charge in [0, 0.05) is 22.9 Å². The summed E-state index contributed by atoms with van der Waals surface area (Å²) in [6, 6.07) is 23.1. The minimum Gasteiger partial charge on any atom is -0.484 e. The molecule has 0 radical (unpaired) electrons. The second-order valence-electron chi connectivity index (χ2n) is 13.2. The molecule has 4 aromatic rings. The van der Waals surface area contributed by atoms with Gasteiger partial charge in [0.15, 0.2) is 12.7 Å². The molecule has 51 heavy (non-hydrogen) atoms. The average molecular weight is 712 g/mol. The highest BCUT2D eigenvalue weighted by Crippen LogP contribution is 2.40. The molecule has 268 valence electrons. The number of amides is 4. The van der Waals surface area contributed by atoms with E-state index in [0.29, 0.717) is 12.3 Å². The zero-order chi connectivity index (χ0) is 36.5. The lowest BCUT2D eigenvalue weighted by Gasteiger charge is -2.33. The van der Waals surface area contributed by atoms with Crippen LogP contribution in [0, 0.1) is 6.92 Å². The standard InChI is InChI=1S/C39H45N5O6S/c1-5-30(42-33(45)23-50-29-17-18-31-27(21-29)16-11-19-40-31)36(47)43-32(20-26-13-7-6-8-14-26)34(46)38(49)44-24-51-39(3,4)35(44)37(48)41-22-28-15-10-9-12-25(28)2/h6-19,21,30,32,34-35,46H,5,20,22-24H2,1-4H3,(H,41,48)(H,42,45)(H,43,47)/t30-,32-,34-,35+/m0/s1. The molecule has 0 bridgehead atoms. The van der Waals surface area contributed by atoms with Crippen LogP contribution in [0.4, 0.5) is 0 Å². The minimum absolute atomic E-state index is 0.137. The van der Waals surface area contributed by atoms with E-state index in [9.17, 15) is 24.3 Å². The lowest BCUT2D eigenvalue weighted by molar-refractivity contribution is -0.148. The van der Waals surface area contributed by atoms with Gasteiger partial charge in [0.1, 0.15) is 17.8 Å². The fourth-order valence-electron chi connectivity index (χ4n) is 6.12. The first kappa shape index (κ1) is 37.3. The predicted octanol–water partition coefficient (Wildman–Crippen LogP) is 3.90. The molecule has 0 saturated carbocycles. The maximum absolute atomic E-state index is 14.0. The maximum atomic E-state index is 14.0. The number of aliphatic hydroxyl groups is 1. The van der Waals surface area contributed by atoms with E-state index < -0.39 is 46.7 Å². The summed E-state index contributed by atoms with van der Waals surface area (Å²) < 4.78 is 5.05. The summed E-state index contributed by atoms with van der Waals surface area (Å²) >= 11 is 1.45. The number of carbonyl (C=O) groups excluding carboxylic acids is 4. The second kappa shape index (κ2) is 16.8. The molecule has 0 spiro atoms. The van der Waals surface area contributed by atoms with Gasteiger partial charge >= 0.3 is 0 Å². The van der Waals surface area contributed by atoms with Crippen molar-refractivity contribution >= 4 is 46.3 Å². The van der Waals surface area contributed by atoms with Crippen molar-refractivity contribution in [2.45, 2.75) is 76.1 Å². The number of thioether (sulfide) groups is 1. The largest absolute Gasteiger partial charge is 0.484 e.